The first-order valence-corrected chi connectivity index (χ1v) is 7.73. The molecule has 3 aromatic rings. The fourth-order valence-electron chi connectivity index (χ4n) is 2.20. The number of hydrogen-bond donors (Lipinski definition) is 1. The van der Waals surface area contributed by atoms with E-state index < -0.39 is 0 Å². The molecule has 0 atom stereocenters. The lowest BCUT2D eigenvalue weighted by atomic mass is 10.1. The van der Waals surface area contributed by atoms with Gasteiger partial charge in [0.25, 0.3) is 5.91 Å². The van der Waals surface area contributed by atoms with Crippen LogP contribution in [0.3, 0.4) is 0 Å². The molecule has 0 aliphatic carbocycles. The van der Waals surface area contributed by atoms with Gasteiger partial charge in [0.2, 0.25) is 11.7 Å². The van der Waals surface area contributed by atoms with Crippen molar-refractivity contribution in [3.8, 4) is 10.7 Å². The van der Waals surface area contributed by atoms with Crippen LogP contribution in [-0.4, -0.2) is 16.0 Å². The molecule has 1 amide bonds. The van der Waals surface area contributed by atoms with Gasteiger partial charge in [0.1, 0.15) is 0 Å². The van der Waals surface area contributed by atoms with E-state index in [0.717, 1.165) is 16.0 Å². The molecule has 0 bridgehead atoms. The number of thiophene rings is 1. The van der Waals surface area contributed by atoms with E-state index in [9.17, 15) is 4.79 Å². The Bertz CT molecular complexity index is 773. The number of carbonyl (C=O) groups excluding carboxylic acids is 1. The second-order valence-electron chi connectivity index (χ2n) is 5.05. The number of amides is 1. The molecule has 6 heteroatoms. The summed E-state index contributed by atoms with van der Waals surface area (Å²) in [6, 6.07) is 9.59. The van der Waals surface area contributed by atoms with E-state index in [4.69, 9.17) is 4.52 Å². The van der Waals surface area contributed by atoms with E-state index in [2.05, 4.69) is 15.5 Å². The summed E-state index contributed by atoms with van der Waals surface area (Å²) >= 11 is 1.54. The maximum Gasteiger partial charge on any atom is 0.251 e. The Kier molecular flexibility index (Phi) is 4.02. The summed E-state index contributed by atoms with van der Waals surface area (Å²) < 4.78 is 5.15. The predicted octanol–water partition coefficient (Wildman–Crippen LogP) is 3.34. The van der Waals surface area contributed by atoms with Crippen LogP contribution in [0.1, 0.15) is 27.4 Å². The summed E-state index contributed by atoms with van der Waals surface area (Å²) in [6.07, 6.45) is 0. The third kappa shape index (κ3) is 3.23. The smallest absolute Gasteiger partial charge is 0.251 e. The molecule has 1 aromatic carbocycles. The number of carbonyl (C=O) groups is 1. The minimum absolute atomic E-state index is 0.150. The van der Waals surface area contributed by atoms with Crippen LogP contribution in [0.15, 0.2) is 40.2 Å². The summed E-state index contributed by atoms with van der Waals surface area (Å²) in [6.45, 7) is 4.15. The molecule has 0 saturated heterocycles. The van der Waals surface area contributed by atoms with Crippen LogP contribution >= 0.6 is 11.3 Å². The lowest BCUT2D eigenvalue weighted by Gasteiger charge is -2.05. The quantitative estimate of drug-likeness (QED) is 0.802. The van der Waals surface area contributed by atoms with Crippen LogP contribution < -0.4 is 5.32 Å². The van der Waals surface area contributed by atoms with Gasteiger partial charge in [-0.05, 0) is 37.4 Å². The number of benzene rings is 1. The highest BCUT2D eigenvalue weighted by Crippen LogP contribution is 2.21. The number of rotatable bonds is 4. The lowest BCUT2D eigenvalue weighted by molar-refractivity contribution is 0.0946. The van der Waals surface area contributed by atoms with Crippen molar-refractivity contribution in [2.45, 2.75) is 20.4 Å². The molecule has 0 unspecified atom stereocenters. The number of nitrogens with zero attached hydrogens (tertiary/aromatic N) is 2. The summed E-state index contributed by atoms with van der Waals surface area (Å²) in [7, 11) is 0. The molecule has 3 rings (SSSR count). The maximum absolute atomic E-state index is 12.2. The molecule has 22 heavy (non-hydrogen) atoms. The second-order valence-corrected chi connectivity index (χ2v) is 6.00. The molecule has 2 heterocycles. The van der Waals surface area contributed by atoms with Crippen molar-refractivity contribution in [3.05, 3.63) is 58.3 Å². The fourth-order valence-corrected chi connectivity index (χ4v) is 2.85. The normalized spacial score (nSPS) is 10.6. The zero-order chi connectivity index (χ0) is 15.5. The largest absolute Gasteiger partial charge is 0.343 e. The van der Waals surface area contributed by atoms with Gasteiger partial charge in [-0.3, -0.25) is 4.79 Å². The molecule has 0 radical (unpaired) electrons. The van der Waals surface area contributed by atoms with Gasteiger partial charge in [0, 0.05) is 5.56 Å². The molecule has 1 N–H and O–H groups in total. The molecule has 112 valence electrons. The summed E-state index contributed by atoms with van der Waals surface area (Å²) in [5, 5.41) is 8.66. The number of hydrogen-bond acceptors (Lipinski definition) is 5. The van der Waals surface area contributed by atoms with Gasteiger partial charge in [-0.2, -0.15) is 4.98 Å². The molecule has 0 fully saturated rings. The van der Waals surface area contributed by atoms with E-state index in [1.807, 2.05) is 49.6 Å². The van der Waals surface area contributed by atoms with Crippen LogP contribution in [-0.2, 0) is 6.54 Å². The van der Waals surface area contributed by atoms with Crippen LogP contribution in [0, 0.1) is 13.8 Å². The van der Waals surface area contributed by atoms with Crippen LogP contribution in [0.4, 0.5) is 0 Å². The molecular formula is C16H15N3O2S. The highest BCUT2D eigenvalue weighted by Gasteiger charge is 2.11. The van der Waals surface area contributed by atoms with Gasteiger partial charge in [-0.15, -0.1) is 11.3 Å². The highest BCUT2D eigenvalue weighted by molar-refractivity contribution is 7.13. The molecule has 0 spiro atoms. The van der Waals surface area contributed by atoms with Gasteiger partial charge in [0.05, 0.1) is 11.4 Å². The molecule has 2 aromatic heterocycles. The van der Waals surface area contributed by atoms with Crippen LogP contribution in [0.25, 0.3) is 10.7 Å². The summed E-state index contributed by atoms with van der Waals surface area (Å²) in [4.78, 5) is 17.4. The first kappa shape index (κ1) is 14.5. The van der Waals surface area contributed by atoms with Gasteiger partial charge in [0.15, 0.2) is 0 Å². The van der Waals surface area contributed by atoms with Gasteiger partial charge in [-0.1, -0.05) is 28.4 Å². The zero-order valence-corrected chi connectivity index (χ0v) is 13.1. The topological polar surface area (TPSA) is 68.0 Å². The number of aryl methyl sites for hydroxylation is 2. The number of aromatic nitrogens is 2. The van der Waals surface area contributed by atoms with Crippen LogP contribution in [0.5, 0.6) is 0 Å². The highest BCUT2D eigenvalue weighted by atomic mass is 32.1. The summed E-state index contributed by atoms with van der Waals surface area (Å²) in [5.74, 6) is 0.787. The minimum atomic E-state index is -0.150. The predicted molar refractivity (Wildman–Crippen MR) is 84.7 cm³/mol. The second kappa shape index (κ2) is 6.11. The molecule has 0 aliphatic heterocycles. The number of nitrogens with one attached hydrogen (secondary N) is 1. The van der Waals surface area contributed by atoms with E-state index in [1.54, 1.807) is 11.3 Å². The summed E-state index contributed by atoms with van der Waals surface area (Å²) in [5.41, 5.74) is 2.75. The maximum atomic E-state index is 12.2. The van der Waals surface area contributed by atoms with Gasteiger partial charge < -0.3 is 9.84 Å². The van der Waals surface area contributed by atoms with Crippen LogP contribution in [0.2, 0.25) is 0 Å². The van der Waals surface area contributed by atoms with E-state index in [0.29, 0.717) is 17.3 Å². The Labute approximate surface area is 132 Å². The minimum Gasteiger partial charge on any atom is -0.343 e. The van der Waals surface area contributed by atoms with Gasteiger partial charge in [-0.25, -0.2) is 0 Å². The first-order chi connectivity index (χ1) is 10.6. The third-order valence-corrected chi connectivity index (χ3v) is 3.96. The van der Waals surface area contributed by atoms with Crippen molar-refractivity contribution in [2.75, 3.05) is 0 Å². The average Bonchev–Trinajstić information content (AvgIpc) is 3.14. The molecular weight excluding hydrogens is 298 g/mol. The standard InChI is InChI=1S/C16H15N3O2S/c1-10-6-11(2)8-12(7-10)16(20)17-9-14-18-15(19-21-14)13-4-3-5-22-13/h3-8H,9H2,1-2H3,(H,17,20). The Morgan fingerprint density at radius 1 is 1.27 bits per heavy atom. The Morgan fingerprint density at radius 2 is 2.05 bits per heavy atom. The van der Waals surface area contributed by atoms with E-state index in [1.165, 1.54) is 0 Å². The Balaban J connectivity index is 1.66. The lowest BCUT2D eigenvalue weighted by Crippen LogP contribution is -2.23. The van der Waals surface area contributed by atoms with Crippen molar-refractivity contribution in [3.63, 3.8) is 0 Å². The van der Waals surface area contributed by atoms with Crippen molar-refractivity contribution < 1.29 is 9.32 Å². The van der Waals surface area contributed by atoms with Crippen molar-refractivity contribution >= 4 is 17.2 Å². The first-order valence-electron chi connectivity index (χ1n) is 6.85. The van der Waals surface area contributed by atoms with E-state index >= 15 is 0 Å². The molecule has 0 saturated carbocycles. The Hall–Kier alpha value is -2.47. The third-order valence-electron chi connectivity index (χ3n) is 3.09. The van der Waals surface area contributed by atoms with E-state index in [-0.39, 0.29) is 12.5 Å². The monoisotopic (exact) mass is 313 g/mol. The van der Waals surface area contributed by atoms with Crippen molar-refractivity contribution in [1.29, 1.82) is 0 Å². The fraction of sp³-hybridized carbons (Fsp3) is 0.188. The Morgan fingerprint density at radius 3 is 2.73 bits per heavy atom. The molecule has 0 aliphatic rings. The van der Waals surface area contributed by atoms with Crippen molar-refractivity contribution in [1.82, 2.24) is 15.5 Å². The van der Waals surface area contributed by atoms with Gasteiger partial charge >= 0.3 is 0 Å². The van der Waals surface area contributed by atoms with Crippen molar-refractivity contribution in [2.24, 2.45) is 0 Å². The SMILES string of the molecule is Cc1cc(C)cc(C(=O)NCc2nc(-c3cccs3)no2)c1. The molecule has 5 nitrogen and oxygen atoms in total. The zero-order valence-electron chi connectivity index (χ0n) is 12.3. The average molecular weight is 313 g/mol.